The summed E-state index contributed by atoms with van der Waals surface area (Å²) in [6.45, 7) is 1.89. The normalized spacial score (nSPS) is 11.4. The molecule has 2 aromatic carbocycles. The number of nitriles is 1. The number of carbonyl (C=O) groups is 1. The van der Waals surface area contributed by atoms with Gasteiger partial charge in [-0.05, 0) is 24.6 Å². The Hall–Kier alpha value is -3.32. The highest BCUT2D eigenvalue weighted by Crippen LogP contribution is 2.26. The molecule has 24 heavy (non-hydrogen) atoms. The first-order valence-corrected chi connectivity index (χ1v) is 7.57. The number of rotatable bonds is 4. The van der Waals surface area contributed by atoms with E-state index in [4.69, 9.17) is 5.11 Å². The molecule has 1 heterocycles. The monoisotopic (exact) mass is 316 g/mol. The van der Waals surface area contributed by atoms with Crippen molar-refractivity contribution < 1.29 is 9.90 Å². The molecule has 0 aliphatic carbocycles. The maximum Gasteiger partial charge on any atom is 0.323 e. The van der Waals surface area contributed by atoms with E-state index in [0.717, 1.165) is 27.6 Å². The lowest BCUT2D eigenvalue weighted by molar-refractivity contribution is -0.137. The molecule has 0 saturated heterocycles. The first-order chi connectivity index (χ1) is 11.6. The minimum absolute atomic E-state index is 0.110. The molecule has 4 heteroatoms. The Balaban J connectivity index is 2.13. The minimum Gasteiger partial charge on any atom is -0.480 e. The summed E-state index contributed by atoms with van der Waals surface area (Å²) in [7, 11) is 0. The lowest BCUT2D eigenvalue weighted by Gasteiger charge is -2.00. The molecule has 3 aromatic rings. The lowest BCUT2D eigenvalue weighted by Crippen LogP contribution is -2.07. The van der Waals surface area contributed by atoms with Crippen molar-refractivity contribution >= 4 is 28.5 Å². The molecule has 0 atom stereocenters. The van der Waals surface area contributed by atoms with Gasteiger partial charge in [-0.25, -0.2) is 0 Å². The van der Waals surface area contributed by atoms with E-state index in [-0.39, 0.29) is 6.54 Å². The molecule has 0 unspecified atom stereocenters. The van der Waals surface area contributed by atoms with E-state index in [1.807, 2.05) is 61.5 Å². The van der Waals surface area contributed by atoms with Crippen molar-refractivity contribution in [2.24, 2.45) is 0 Å². The lowest BCUT2D eigenvalue weighted by atomic mass is 10.0. The van der Waals surface area contributed by atoms with Gasteiger partial charge in [-0.1, -0.05) is 48.0 Å². The first kappa shape index (κ1) is 15.6. The van der Waals surface area contributed by atoms with E-state index in [9.17, 15) is 10.1 Å². The largest absolute Gasteiger partial charge is 0.480 e. The molecule has 118 valence electrons. The molecule has 0 fully saturated rings. The number of aromatic nitrogens is 1. The summed E-state index contributed by atoms with van der Waals surface area (Å²) in [5.74, 6) is -0.898. The van der Waals surface area contributed by atoms with Crippen LogP contribution in [0, 0.1) is 18.3 Å². The summed E-state index contributed by atoms with van der Waals surface area (Å²) in [6, 6.07) is 17.6. The van der Waals surface area contributed by atoms with Crippen LogP contribution in [0.1, 0.15) is 16.7 Å². The van der Waals surface area contributed by atoms with Crippen molar-refractivity contribution in [3.63, 3.8) is 0 Å². The molecule has 0 spiro atoms. The summed E-state index contributed by atoms with van der Waals surface area (Å²) < 4.78 is 1.69. The van der Waals surface area contributed by atoms with Gasteiger partial charge in [-0.15, -0.1) is 0 Å². The number of para-hydroxylation sites is 1. The van der Waals surface area contributed by atoms with Gasteiger partial charge in [0.05, 0.1) is 11.6 Å². The number of nitrogens with zero attached hydrogens (tertiary/aromatic N) is 2. The molecule has 1 N–H and O–H groups in total. The first-order valence-electron chi connectivity index (χ1n) is 7.57. The zero-order valence-electron chi connectivity index (χ0n) is 13.2. The number of hydrogen-bond acceptors (Lipinski definition) is 2. The Kier molecular flexibility index (Phi) is 4.17. The van der Waals surface area contributed by atoms with Gasteiger partial charge < -0.3 is 9.67 Å². The van der Waals surface area contributed by atoms with E-state index in [1.165, 1.54) is 0 Å². The second-order valence-electron chi connectivity index (χ2n) is 5.66. The Morgan fingerprint density at radius 3 is 2.58 bits per heavy atom. The van der Waals surface area contributed by atoms with Crippen LogP contribution in [0.4, 0.5) is 0 Å². The van der Waals surface area contributed by atoms with Crippen molar-refractivity contribution in [1.82, 2.24) is 4.57 Å². The van der Waals surface area contributed by atoms with E-state index in [0.29, 0.717) is 5.57 Å². The fourth-order valence-electron chi connectivity index (χ4n) is 2.74. The Morgan fingerprint density at radius 2 is 1.92 bits per heavy atom. The summed E-state index contributed by atoms with van der Waals surface area (Å²) in [4.78, 5) is 11.1. The van der Waals surface area contributed by atoms with Gasteiger partial charge in [0.2, 0.25) is 0 Å². The van der Waals surface area contributed by atoms with Crippen LogP contribution in [-0.4, -0.2) is 15.6 Å². The molecule has 1 aromatic heterocycles. The third-order valence-corrected chi connectivity index (χ3v) is 3.91. The van der Waals surface area contributed by atoms with E-state index >= 15 is 0 Å². The van der Waals surface area contributed by atoms with Crippen LogP contribution in [-0.2, 0) is 11.3 Å². The summed E-state index contributed by atoms with van der Waals surface area (Å²) in [5.41, 5.74) is 4.21. The topological polar surface area (TPSA) is 66.0 Å². The number of hydrogen-bond donors (Lipinski definition) is 1. The number of carboxylic acid groups (broad SMARTS) is 1. The maximum atomic E-state index is 11.1. The minimum atomic E-state index is -0.898. The third-order valence-electron chi connectivity index (χ3n) is 3.91. The number of fused-ring (bicyclic) bond motifs is 1. The molecule has 0 radical (unpaired) electrons. The van der Waals surface area contributed by atoms with Crippen molar-refractivity contribution in [2.45, 2.75) is 13.5 Å². The number of benzene rings is 2. The molecule has 0 aliphatic rings. The van der Waals surface area contributed by atoms with Crippen LogP contribution in [0.5, 0.6) is 0 Å². The van der Waals surface area contributed by atoms with Crippen LogP contribution < -0.4 is 0 Å². The van der Waals surface area contributed by atoms with Gasteiger partial charge in [0.25, 0.3) is 0 Å². The molecular weight excluding hydrogens is 300 g/mol. The van der Waals surface area contributed by atoms with Crippen LogP contribution in [0.25, 0.3) is 22.6 Å². The quantitative estimate of drug-likeness (QED) is 0.737. The molecule has 0 saturated carbocycles. The van der Waals surface area contributed by atoms with E-state index < -0.39 is 5.97 Å². The van der Waals surface area contributed by atoms with Gasteiger partial charge in [0.1, 0.15) is 6.54 Å². The van der Waals surface area contributed by atoms with E-state index in [2.05, 4.69) is 6.07 Å². The molecule has 0 amide bonds. The van der Waals surface area contributed by atoms with Gasteiger partial charge >= 0.3 is 5.97 Å². The van der Waals surface area contributed by atoms with Crippen LogP contribution in [0.3, 0.4) is 0 Å². The summed E-state index contributed by atoms with van der Waals surface area (Å²) in [5, 5.41) is 19.5. The fourth-order valence-corrected chi connectivity index (χ4v) is 2.74. The zero-order chi connectivity index (χ0) is 17.1. The SMILES string of the molecule is Cc1ccc(/C(C#N)=C\c2cn(CC(=O)O)c3ccccc23)cc1. The standard InChI is InChI=1S/C20H16N2O2/c1-14-6-8-15(9-7-14)16(11-21)10-17-12-22(13-20(23)24)19-5-3-2-4-18(17)19/h2-10,12H,13H2,1H3,(H,23,24)/b16-10-. The second kappa shape index (κ2) is 6.43. The van der Waals surface area contributed by atoms with Gasteiger partial charge in [0, 0.05) is 22.7 Å². The Morgan fingerprint density at radius 1 is 1.21 bits per heavy atom. The van der Waals surface area contributed by atoms with Crippen molar-refractivity contribution in [2.75, 3.05) is 0 Å². The zero-order valence-corrected chi connectivity index (χ0v) is 13.2. The third kappa shape index (κ3) is 3.06. The highest BCUT2D eigenvalue weighted by Gasteiger charge is 2.10. The van der Waals surface area contributed by atoms with Crippen LogP contribution >= 0.6 is 0 Å². The summed E-state index contributed by atoms with van der Waals surface area (Å²) in [6.07, 6.45) is 3.59. The number of allylic oxidation sites excluding steroid dienone is 1. The van der Waals surface area contributed by atoms with Gasteiger partial charge in [0.15, 0.2) is 0 Å². The smallest absolute Gasteiger partial charge is 0.323 e. The molecule has 0 aliphatic heterocycles. The van der Waals surface area contributed by atoms with Crippen molar-refractivity contribution in [3.05, 3.63) is 71.4 Å². The number of aliphatic carboxylic acids is 1. The average Bonchev–Trinajstić information content (AvgIpc) is 2.91. The fraction of sp³-hybridized carbons (Fsp3) is 0.100. The average molecular weight is 316 g/mol. The van der Waals surface area contributed by atoms with Gasteiger partial charge in [-0.3, -0.25) is 4.79 Å². The Bertz CT molecular complexity index is 973. The molecule has 3 rings (SSSR count). The second-order valence-corrected chi connectivity index (χ2v) is 5.66. The van der Waals surface area contributed by atoms with Crippen molar-refractivity contribution in [3.8, 4) is 6.07 Å². The number of aryl methyl sites for hydroxylation is 1. The molecule has 4 nitrogen and oxygen atoms in total. The Labute approximate surface area is 139 Å². The maximum absolute atomic E-state index is 11.1. The van der Waals surface area contributed by atoms with Crippen LogP contribution in [0.15, 0.2) is 54.7 Å². The number of carboxylic acids is 1. The van der Waals surface area contributed by atoms with Crippen LogP contribution in [0.2, 0.25) is 0 Å². The predicted molar refractivity (Wildman–Crippen MR) is 94.2 cm³/mol. The molecule has 0 bridgehead atoms. The molecular formula is C20H16N2O2. The highest BCUT2D eigenvalue weighted by atomic mass is 16.4. The van der Waals surface area contributed by atoms with Gasteiger partial charge in [-0.2, -0.15) is 5.26 Å². The predicted octanol–water partition coefficient (Wildman–Crippen LogP) is 4.10. The van der Waals surface area contributed by atoms with Crippen molar-refractivity contribution in [1.29, 1.82) is 5.26 Å². The summed E-state index contributed by atoms with van der Waals surface area (Å²) >= 11 is 0. The highest BCUT2D eigenvalue weighted by molar-refractivity contribution is 5.98. The van der Waals surface area contributed by atoms with E-state index in [1.54, 1.807) is 10.8 Å².